The first-order valence-corrected chi connectivity index (χ1v) is 6.61. The van der Waals surface area contributed by atoms with Crippen LogP contribution in [0.15, 0.2) is 30.7 Å². The average Bonchev–Trinajstić information content (AvgIpc) is 2.81. The maximum Gasteiger partial charge on any atom is 0.127 e. The van der Waals surface area contributed by atoms with Gasteiger partial charge in [0.15, 0.2) is 0 Å². The Morgan fingerprint density at radius 3 is 2.95 bits per heavy atom. The lowest BCUT2D eigenvalue weighted by Gasteiger charge is -2.14. The number of halogens is 2. The van der Waals surface area contributed by atoms with Crippen molar-refractivity contribution in [1.29, 1.82) is 0 Å². The van der Waals surface area contributed by atoms with Crippen molar-refractivity contribution in [3.63, 3.8) is 0 Å². The quantitative estimate of drug-likeness (QED) is 0.913. The van der Waals surface area contributed by atoms with E-state index in [1.54, 1.807) is 24.7 Å². The Labute approximate surface area is 116 Å². The normalized spacial score (nSPS) is 12.6. The molecule has 0 aliphatic rings. The van der Waals surface area contributed by atoms with E-state index in [-0.39, 0.29) is 6.42 Å². The summed E-state index contributed by atoms with van der Waals surface area (Å²) in [4.78, 5) is 4.03. The molecule has 5 heteroatoms. The number of hydrogen-bond donors (Lipinski definition) is 1. The lowest BCUT2D eigenvalue weighted by molar-refractivity contribution is 0.167. The number of hydrogen-bond acceptors (Lipinski definition) is 2. The third-order valence-corrected chi connectivity index (χ3v) is 3.21. The van der Waals surface area contributed by atoms with Crippen LogP contribution in [0.3, 0.4) is 0 Å². The lowest BCUT2D eigenvalue weighted by Crippen LogP contribution is -2.10. The Morgan fingerprint density at radius 2 is 2.26 bits per heavy atom. The summed E-state index contributed by atoms with van der Waals surface area (Å²) in [7, 11) is 0. The van der Waals surface area contributed by atoms with Crippen molar-refractivity contribution in [2.24, 2.45) is 0 Å². The number of aryl methyl sites for hydroxylation is 1. The molecule has 2 aromatic rings. The fourth-order valence-electron chi connectivity index (χ4n) is 2.04. The molecule has 0 amide bonds. The SMILES string of the molecule is CCCn1cncc1C(O)Cc1ccc(Cl)cc1F. The Kier molecular flexibility index (Phi) is 4.56. The molecule has 102 valence electrons. The summed E-state index contributed by atoms with van der Waals surface area (Å²) in [5.74, 6) is -0.395. The average molecular weight is 283 g/mol. The largest absolute Gasteiger partial charge is 0.386 e. The summed E-state index contributed by atoms with van der Waals surface area (Å²) in [5, 5.41) is 10.6. The van der Waals surface area contributed by atoms with Crippen LogP contribution in [0, 0.1) is 5.82 Å². The second-order valence-corrected chi connectivity index (χ2v) is 4.90. The molecule has 19 heavy (non-hydrogen) atoms. The first-order valence-electron chi connectivity index (χ1n) is 6.23. The molecule has 1 aromatic carbocycles. The highest BCUT2D eigenvalue weighted by atomic mass is 35.5. The summed E-state index contributed by atoms with van der Waals surface area (Å²) >= 11 is 5.70. The Morgan fingerprint density at radius 1 is 1.47 bits per heavy atom. The summed E-state index contributed by atoms with van der Waals surface area (Å²) in [6.45, 7) is 2.84. The van der Waals surface area contributed by atoms with E-state index in [9.17, 15) is 9.50 Å². The molecule has 1 atom stereocenters. The molecule has 1 N–H and O–H groups in total. The van der Waals surface area contributed by atoms with Gasteiger partial charge in [0, 0.05) is 18.0 Å². The standard InChI is InChI=1S/C14H16ClFN2O/c1-2-5-18-9-17-8-13(18)14(19)6-10-3-4-11(15)7-12(10)16/h3-4,7-9,14,19H,2,5-6H2,1H3. The number of aliphatic hydroxyl groups excluding tert-OH is 1. The van der Waals surface area contributed by atoms with Crippen LogP contribution >= 0.6 is 11.6 Å². The minimum atomic E-state index is -0.773. The third-order valence-electron chi connectivity index (χ3n) is 2.98. The predicted octanol–water partition coefficient (Wildman–Crippen LogP) is 3.36. The molecule has 0 saturated carbocycles. The van der Waals surface area contributed by atoms with Gasteiger partial charge in [0.25, 0.3) is 0 Å². The van der Waals surface area contributed by atoms with Crippen molar-refractivity contribution >= 4 is 11.6 Å². The molecule has 0 aliphatic heterocycles. The Bertz CT molecular complexity index is 556. The molecule has 1 aromatic heterocycles. The van der Waals surface area contributed by atoms with Gasteiger partial charge in [0.05, 0.1) is 24.3 Å². The molecular weight excluding hydrogens is 267 g/mol. The number of imidazole rings is 1. The minimum absolute atomic E-state index is 0.207. The predicted molar refractivity (Wildman–Crippen MR) is 72.6 cm³/mol. The molecule has 1 heterocycles. The summed E-state index contributed by atoms with van der Waals surface area (Å²) < 4.78 is 15.6. The van der Waals surface area contributed by atoms with Crippen LogP contribution in [0.5, 0.6) is 0 Å². The lowest BCUT2D eigenvalue weighted by atomic mass is 10.1. The van der Waals surface area contributed by atoms with Gasteiger partial charge in [-0.05, 0) is 24.1 Å². The first kappa shape index (κ1) is 14.0. The molecular formula is C14H16ClFN2O. The van der Waals surface area contributed by atoms with Gasteiger partial charge in [-0.2, -0.15) is 0 Å². The number of nitrogens with zero attached hydrogens (tertiary/aromatic N) is 2. The van der Waals surface area contributed by atoms with Crippen LogP contribution in [0.4, 0.5) is 4.39 Å². The van der Waals surface area contributed by atoms with Gasteiger partial charge >= 0.3 is 0 Å². The molecule has 0 radical (unpaired) electrons. The molecule has 1 unspecified atom stereocenters. The number of aliphatic hydroxyl groups is 1. The van der Waals surface area contributed by atoms with E-state index in [0.29, 0.717) is 16.3 Å². The van der Waals surface area contributed by atoms with Crippen LogP contribution in [-0.2, 0) is 13.0 Å². The maximum absolute atomic E-state index is 13.7. The molecule has 0 fully saturated rings. The van der Waals surface area contributed by atoms with Crippen molar-refractivity contribution in [2.75, 3.05) is 0 Å². The van der Waals surface area contributed by atoms with Gasteiger partial charge in [-0.1, -0.05) is 24.6 Å². The van der Waals surface area contributed by atoms with E-state index in [1.807, 2.05) is 4.57 Å². The molecule has 0 bridgehead atoms. The number of benzene rings is 1. The number of rotatable bonds is 5. The van der Waals surface area contributed by atoms with E-state index < -0.39 is 11.9 Å². The zero-order chi connectivity index (χ0) is 13.8. The zero-order valence-electron chi connectivity index (χ0n) is 10.7. The Hall–Kier alpha value is -1.39. The van der Waals surface area contributed by atoms with E-state index in [1.165, 1.54) is 6.07 Å². The van der Waals surface area contributed by atoms with E-state index in [4.69, 9.17) is 11.6 Å². The first-order chi connectivity index (χ1) is 9.11. The highest BCUT2D eigenvalue weighted by Crippen LogP contribution is 2.22. The topological polar surface area (TPSA) is 38.0 Å². The van der Waals surface area contributed by atoms with Gasteiger partial charge < -0.3 is 9.67 Å². The zero-order valence-corrected chi connectivity index (χ0v) is 11.4. The van der Waals surface area contributed by atoms with Gasteiger partial charge in [-0.3, -0.25) is 0 Å². The van der Waals surface area contributed by atoms with Crippen LogP contribution in [0.1, 0.15) is 30.7 Å². The van der Waals surface area contributed by atoms with Crippen LogP contribution in [0.2, 0.25) is 5.02 Å². The molecule has 2 rings (SSSR count). The second-order valence-electron chi connectivity index (χ2n) is 4.47. The second kappa shape index (κ2) is 6.17. The Balaban J connectivity index is 2.16. The third kappa shape index (κ3) is 3.33. The monoisotopic (exact) mass is 282 g/mol. The maximum atomic E-state index is 13.7. The van der Waals surface area contributed by atoms with E-state index in [2.05, 4.69) is 11.9 Å². The fraction of sp³-hybridized carbons (Fsp3) is 0.357. The summed E-state index contributed by atoms with van der Waals surface area (Å²) in [6.07, 6.45) is 3.68. The molecule has 0 spiro atoms. The van der Waals surface area contributed by atoms with Crippen LogP contribution in [-0.4, -0.2) is 14.7 Å². The highest BCUT2D eigenvalue weighted by Gasteiger charge is 2.15. The summed E-state index contributed by atoms with van der Waals surface area (Å²) in [6, 6.07) is 4.48. The fourth-order valence-corrected chi connectivity index (χ4v) is 2.20. The number of aromatic nitrogens is 2. The summed E-state index contributed by atoms with van der Waals surface area (Å²) in [5.41, 5.74) is 1.15. The van der Waals surface area contributed by atoms with Crippen molar-refractivity contribution in [1.82, 2.24) is 9.55 Å². The molecule has 3 nitrogen and oxygen atoms in total. The van der Waals surface area contributed by atoms with Gasteiger partial charge in [-0.25, -0.2) is 9.37 Å². The van der Waals surface area contributed by atoms with Crippen LogP contribution in [0.25, 0.3) is 0 Å². The smallest absolute Gasteiger partial charge is 0.127 e. The van der Waals surface area contributed by atoms with Crippen molar-refractivity contribution in [3.05, 3.63) is 52.8 Å². The molecule has 0 saturated heterocycles. The van der Waals surface area contributed by atoms with Gasteiger partial charge in [0.1, 0.15) is 5.82 Å². The van der Waals surface area contributed by atoms with Crippen molar-refractivity contribution in [3.8, 4) is 0 Å². The highest BCUT2D eigenvalue weighted by molar-refractivity contribution is 6.30. The van der Waals surface area contributed by atoms with Crippen molar-refractivity contribution in [2.45, 2.75) is 32.4 Å². The minimum Gasteiger partial charge on any atom is -0.386 e. The molecule has 0 aliphatic carbocycles. The van der Waals surface area contributed by atoms with E-state index in [0.717, 1.165) is 13.0 Å². The van der Waals surface area contributed by atoms with Gasteiger partial charge in [-0.15, -0.1) is 0 Å². The van der Waals surface area contributed by atoms with Crippen LogP contribution < -0.4 is 0 Å². The van der Waals surface area contributed by atoms with E-state index >= 15 is 0 Å². The van der Waals surface area contributed by atoms with Gasteiger partial charge in [0.2, 0.25) is 0 Å². The van der Waals surface area contributed by atoms with Crippen molar-refractivity contribution < 1.29 is 9.50 Å².